The molecular weight excluding hydrogens is 518 g/mol. The fourth-order valence-electron chi connectivity index (χ4n) is 3.75. The molecule has 0 aliphatic heterocycles. The molecule has 0 radical (unpaired) electrons. The van der Waals surface area contributed by atoms with Crippen molar-refractivity contribution in [3.8, 4) is 11.3 Å². The smallest absolute Gasteiger partial charge is 0.309 e. The number of aryl methyl sites for hydroxylation is 3. The number of carbonyl (C=O) groups is 1. The van der Waals surface area contributed by atoms with Gasteiger partial charge in [0.15, 0.2) is 0 Å². The normalized spacial score (nSPS) is 11.7. The van der Waals surface area contributed by atoms with E-state index in [-0.39, 0.29) is 16.8 Å². The molecule has 12 heteroatoms. The van der Waals surface area contributed by atoms with E-state index in [0.29, 0.717) is 39.8 Å². The number of azo groups is 1. The second kappa shape index (κ2) is 10.4. The van der Waals surface area contributed by atoms with Crippen molar-refractivity contribution in [3.63, 3.8) is 0 Å². The zero-order chi connectivity index (χ0) is 27.6. The van der Waals surface area contributed by atoms with Crippen LogP contribution in [-0.2, 0) is 10.0 Å². The number of hydrogen-bond acceptors (Lipinski definition) is 9. The minimum atomic E-state index is -3.92. The van der Waals surface area contributed by atoms with Gasteiger partial charge in [0.25, 0.3) is 15.9 Å². The molecule has 0 saturated heterocycles. The molecule has 0 unspecified atom stereocenters. The van der Waals surface area contributed by atoms with Gasteiger partial charge >= 0.3 is 6.01 Å². The minimum Gasteiger partial charge on any atom is -0.428 e. The summed E-state index contributed by atoms with van der Waals surface area (Å²) in [7, 11) is -3.92. The van der Waals surface area contributed by atoms with Crippen LogP contribution in [0.2, 0.25) is 0 Å². The van der Waals surface area contributed by atoms with Gasteiger partial charge in [-0.05, 0) is 57.2 Å². The van der Waals surface area contributed by atoms with Crippen molar-refractivity contribution in [2.24, 2.45) is 10.2 Å². The van der Waals surface area contributed by atoms with Crippen LogP contribution >= 0.6 is 0 Å². The average Bonchev–Trinajstić information content (AvgIpc) is 3.44. The number of benzene rings is 2. The molecule has 3 heterocycles. The monoisotopic (exact) mass is 541 g/mol. The van der Waals surface area contributed by atoms with E-state index in [1.165, 1.54) is 28.9 Å². The number of sulfonamides is 1. The van der Waals surface area contributed by atoms with E-state index in [9.17, 15) is 13.2 Å². The maximum absolute atomic E-state index is 13.3. The van der Waals surface area contributed by atoms with Crippen molar-refractivity contribution in [3.05, 3.63) is 102 Å². The molecule has 2 aromatic carbocycles. The summed E-state index contributed by atoms with van der Waals surface area (Å²) < 4.78 is 34.4. The van der Waals surface area contributed by atoms with Crippen LogP contribution in [0.25, 0.3) is 11.3 Å². The highest BCUT2D eigenvalue weighted by Gasteiger charge is 2.23. The molecule has 0 bridgehead atoms. The van der Waals surface area contributed by atoms with Gasteiger partial charge in [-0.2, -0.15) is 19.9 Å². The van der Waals surface area contributed by atoms with Crippen molar-refractivity contribution in [1.82, 2.24) is 19.7 Å². The summed E-state index contributed by atoms with van der Waals surface area (Å²) in [6.07, 6.45) is 3.08. The summed E-state index contributed by atoms with van der Waals surface area (Å²) in [5, 5.41) is 13.2. The van der Waals surface area contributed by atoms with Gasteiger partial charge < -0.3 is 4.42 Å². The van der Waals surface area contributed by atoms with Crippen molar-refractivity contribution < 1.29 is 17.6 Å². The van der Waals surface area contributed by atoms with Crippen LogP contribution in [0.1, 0.15) is 27.5 Å². The maximum atomic E-state index is 13.3. The number of nitrogens with one attached hydrogen (secondary N) is 1. The highest BCUT2D eigenvalue weighted by atomic mass is 32.2. The van der Waals surface area contributed by atoms with Gasteiger partial charge in [0.1, 0.15) is 17.1 Å². The number of nitrogens with zero attached hydrogens (tertiary/aromatic N) is 6. The van der Waals surface area contributed by atoms with E-state index >= 15 is 0 Å². The van der Waals surface area contributed by atoms with Gasteiger partial charge in [0.05, 0.1) is 22.0 Å². The zero-order valence-electron chi connectivity index (χ0n) is 21.2. The predicted molar refractivity (Wildman–Crippen MR) is 144 cm³/mol. The molecule has 0 amide bonds. The average molecular weight is 542 g/mol. The van der Waals surface area contributed by atoms with Gasteiger partial charge in [-0.3, -0.25) is 9.78 Å². The molecule has 3 aromatic heterocycles. The van der Waals surface area contributed by atoms with Crippen LogP contribution in [0.4, 0.5) is 17.4 Å². The third-order valence-electron chi connectivity index (χ3n) is 5.86. The van der Waals surface area contributed by atoms with Gasteiger partial charge in [0.2, 0.25) is 0 Å². The Hall–Kier alpha value is -4.97. The summed E-state index contributed by atoms with van der Waals surface area (Å²) in [4.78, 5) is 21.3. The molecule has 196 valence electrons. The number of rotatable bonds is 7. The number of aromatic nitrogens is 4. The van der Waals surface area contributed by atoms with Gasteiger partial charge in [-0.15, -0.1) is 5.11 Å². The van der Waals surface area contributed by atoms with Gasteiger partial charge in [-0.25, -0.2) is 13.1 Å². The summed E-state index contributed by atoms with van der Waals surface area (Å²) >= 11 is 0. The Bertz CT molecular complexity index is 1760. The summed E-state index contributed by atoms with van der Waals surface area (Å²) in [5.74, 6) is 0.193. The van der Waals surface area contributed by atoms with Crippen molar-refractivity contribution in [2.45, 2.75) is 25.7 Å². The lowest BCUT2D eigenvalue weighted by Gasteiger charge is -2.07. The second-order valence-corrected chi connectivity index (χ2v) is 10.2. The fraction of sp³-hybridized carbons (Fsp3) is 0.111. The Morgan fingerprint density at radius 3 is 2.23 bits per heavy atom. The number of carbonyl (C=O) groups excluding carboxylic acids is 1. The Balaban J connectivity index is 1.46. The molecule has 0 saturated carbocycles. The predicted octanol–water partition coefficient (Wildman–Crippen LogP) is 5.76. The summed E-state index contributed by atoms with van der Waals surface area (Å²) in [5.41, 5.74) is 3.56. The lowest BCUT2D eigenvalue weighted by atomic mass is 10.1. The lowest BCUT2D eigenvalue weighted by molar-refractivity contribution is 0.0946. The molecule has 0 fully saturated rings. The molecule has 5 rings (SSSR count). The van der Waals surface area contributed by atoms with E-state index in [0.717, 1.165) is 5.56 Å². The highest BCUT2D eigenvalue weighted by molar-refractivity contribution is 7.92. The molecule has 0 spiro atoms. The van der Waals surface area contributed by atoms with Crippen LogP contribution in [0.5, 0.6) is 0 Å². The summed E-state index contributed by atoms with van der Waals surface area (Å²) in [6, 6.07) is 18.3. The largest absolute Gasteiger partial charge is 0.428 e. The van der Waals surface area contributed by atoms with Crippen molar-refractivity contribution >= 4 is 33.3 Å². The van der Waals surface area contributed by atoms with Crippen molar-refractivity contribution in [1.29, 1.82) is 0 Å². The first-order chi connectivity index (χ1) is 18.7. The third kappa shape index (κ3) is 5.36. The highest BCUT2D eigenvalue weighted by Crippen LogP contribution is 2.35. The number of anilines is 1. The Morgan fingerprint density at radius 1 is 0.897 bits per heavy atom. The molecule has 11 nitrogen and oxygen atoms in total. The third-order valence-corrected chi connectivity index (χ3v) is 7.19. The van der Waals surface area contributed by atoms with E-state index in [1.54, 1.807) is 45.3 Å². The van der Waals surface area contributed by atoms with Crippen LogP contribution in [-0.4, -0.2) is 34.1 Å². The van der Waals surface area contributed by atoms with Crippen LogP contribution < -0.4 is 4.72 Å². The first-order valence-electron chi connectivity index (χ1n) is 11.8. The van der Waals surface area contributed by atoms with Gasteiger partial charge in [-0.1, -0.05) is 30.3 Å². The minimum absolute atomic E-state index is 0.00637. The van der Waals surface area contributed by atoms with E-state index in [2.05, 4.69) is 30.0 Å². The Kier molecular flexibility index (Phi) is 6.86. The molecule has 0 aliphatic rings. The number of oxazole rings is 1. The van der Waals surface area contributed by atoms with Crippen LogP contribution in [0.15, 0.2) is 98.7 Å². The van der Waals surface area contributed by atoms with Crippen LogP contribution in [0, 0.1) is 20.8 Å². The quantitative estimate of drug-likeness (QED) is 0.258. The Morgan fingerprint density at radius 2 is 1.59 bits per heavy atom. The topological polar surface area (TPSA) is 145 Å². The lowest BCUT2D eigenvalue weighted by Crippen LogP contribution is -2.15. The van der Waals surface area contributed by atoms with Crippen molar-refractivity contribution in [2.75, 3.05) is 4.72 Å². The first-order valence-corrected chi connectivity index (χ1v) is 13.3. The van der Waals surface area contributed by atoms with Crippen LogP contribution in [0.3, 0.4) is 0 Å². The SMILES string of the molecule is Cc1nc(NS(=O)(=O)c2ccc(N=Nc3c(C)nn(C(=O)c4ccncc4)c3-c3ccccc3)cc2)oc1C. The molecule has 0 aliphatic carbocycles. The maximum Gasteiger partial charge on any atom is 0.309 e. The van der Waals surface area contributed by atoms with E-state index in [1.807, 2.05) is 30.3 Å². The van der Waals surface area contributed by atoms with E-state index in [4.69, 9.17) is 4.42 Å². The molecule has 1 N–H and O–H groups in total. The standard InChI is InChI=1S/C27H23N7O4S/c1-17-19(3)38-27(29-17)33-39(36,37)23-11-9-22(10-12-23)30-31-24-18(2)32-34(25(24)20-7-5-4-6-8-20)26(35)21-13-15-28-16-14-21/h4-16H,1-3H3,(H,29,33). The Labute approximate surface area is 224 Å². The van der Waals surface area contributed by atoms with Gasteiger partial charge in [0, 0.05) is 23.5 Å². The number of pyridine rings is 1. The first kappa shape index (κ1) is 25.7. The second-order valence-electron chi connectivity index (χ2n) is 8.56. The molecule has 0 atom stereocenters. The molecule has 5 aromatic rings. The van der Waals surface area contributed by atoms with E-state index < -0.39 is 10.0 Å². The summed E-state index contributed by atoms with van der Waals surface area (Å²) in [6.45, 7) is 5.16. The number of hydrogen-bond donors (Lipinski definition) is 1. The zero-order valence-corrected chi connectivity index (χ0v) is 22.0. The fourth-order valence-corrected chi connectivity index (χ4v) is 4.68. The molecule has 39 heavy (non-hydrogen) atoms. The molecular formula is C27H23N7O4S.